The van der Waals surface area contributed by atoms with Crippen molar-refractivity contribution >= 4 is 22.9 Å². The van der Waals surface area contributed by atoms with E-state index in [9.17, 15) is 4.79 Å². The first kappa shape index (κ1) is 34.1. The second kappa shape index (κ2) is 15.7. The Bertz CT molecular complexity index is 2130. The van der Waals surface area contributed by atoms with Crippen molar-refractivity contribution in [1.82, 2.24) is 15.3 Å². The number of benzene rings is 4. The zero-order valence-electron chi connectivity index (χ0n) is 28.9. The number of methoxy groups -OCH3 is 1. The molecule has 0 radical (unpaired) electrons. The molecule has 9 heteroatoms. The first-order valence-corrected chi connectivity index (χ1v) is 18.0. The van der Waals surface area contributed by atoms with Gasteiger partial charge in [0.15, 0.2) is 11.5 Å². The number of hydrogen-bond donors (Lipinski definition) is 2. The van der Waals surface area contributed by atoms with E-state index in [1.807, 2.05) is 92.3 Å². The molecule has 4 aromatic carbocycles. The van der Waals surface area contributed by atoms with Crippen molar-refractivity contribution in [1.29, 1.82) is 0 Å². The molecule has 0 fully saturated rings. The molecule has 0 saturated heterocycles. The fourth-order valence-electron chi connectivity index (χ4n) is 6.54. The van der Waals surface area contributed by atoms with Gasteiger partial charge in [0.2, 0.25) is 5.91 Å². The molecule has 1 atom stereocenters. The standard InChI is InChI=1S/C42H40N4O4S/c1-27-42(51-26-44-27)30-15-13-29(14-16-30)35(43-2)19-20-49-21-22-50-39-23-31(17-18-38(39)48-3)33-24-37(28-9-5-4-6-10-28)46-41-32-11-7-8-12-36(32)45-40(47)25-34(33)41/h4-18,23-24,26,35,43H,19-22,25H2,1-3H3,(H,45,47). The highest BCUT2D eigenvalue weighted by atomic mass is 32.1. The van der Waals surface area contributed by atoms with Gasteiger partial charge in [-0.05, 0) is 72.5 Å². The van der Waals surface area contributed by atoms with Crippen LogP contribution in [-0.2, 0) is 16.0 Å². The molecule has 0 saturated carbocycles. The number of carbonyl (C=O) groups excluding carboxylic acids is 1. The Hall–Kier alpha value is -5.35. The van der Waals surface area contributed by atoms with Gasteiger partial charge < -0.3 is 24.8 Å². The summed E-state index contributed by atoms with van der Waals surface area (Å²) in [4.78, 5) is 23.9. The summed E-state index contributed by atoms with van der Waals surface area (Å²) in [6.07, 6.45) is 1.02. The number of nitrogens with zero attached hydrogens (tertiary/aromatic N) is 2. The van der Waals surface area contributed by atoms with Crippen LogP contribution in [0.3, 0.4) is 0 Å². The second-order valence-corrected chi connectivity index (χ2v) is 13.2. The van der Waals surface area contributed by atoms with Crippen molar-refractivity contribution in [3.8, 4) is 55.6 Å². The lowest BCUT2D eigenvalue weighted by Crippen LogP contribution is -2.19. The summed E-state index contributed by atoms with van der Waals surface area (Å²) in [6, 6.07) is 34.7. The second-order valence-electron chi connectivity index (χ2n) is 12.4. The van der Waals surface area contributed by atoms with E-state index in [0.29, 0.717) is 31.3 Å². The molecule has 0 bridgehead atoms. The van der Waals surface area contributed by atoms with E-state index in [2.05, 4.69) is 45.9 Å². The molecule has 1 aliphatic rings. The number of aryl methyl sites for hydroxylation is 1. The van der Waals surface area contributed by atoms with Crippen LogP contribution in [0.2, 0.25) is 0 Å². The highest BCUT2D eigenvalue weighted by Crippen LogP contribution is 2.41. The molecular formula is C42H40N4O4S. The van der Waals surface area contributed by atoms with Crippen molar-refractivity contribution < 1.29 is 19.0 Å². The summed E-state index contributed by atoms with van der Waals surface area (Å²) < 4.78 is 18.0. The minimum absolute atomic E-state index is 0.0811. The molecule has 1 amide bonds. The Kier molecular flexibility index (Phi) is 10.5. The Morgan fingerprint density at radius 3 is 2.39 bits per heavy atom. The summed E-state index contributed by atoms with van der Waals surface area (Å²) in [5, 5.41) is 6.49. The molecule has 2 N–H and O–H groups in total. The normalized spacial score (nSPS) is 12.7. The maximum atomic E-state index is 13.1. The fourth-order valence-corrected chi connectivity index (χ4v) is 7.35. The molecule has 6 aromatic rings. The number of carbonyl (C=O) groups is 1. The number of hydrogen-bond acceptors (Lipinski definition) is 8. The molecule has 2 aromatic heterocycles. The molecule has 1 unspecified atom stereocenters. The van der Waals surface area contributed by atoms with E-state index in [1.54, 1.807) is 18.4 Å². The predicted molar refractivity (Wildman–Crippen MR) is 204 cm³/mol. The van der Waals surface area contributed by atoms with Crippen molar-refractivity contribution in [3.63, 3.8) is 0 Å². The number of thiazole rings is 1. The number of para-hydroxylation sites is 1. The van der Waals surface area contributed by atoms with E-state index in [1.165, 1.54) is 16.0 Å². The van der Waals surface area contributed by atoms with Crippen LogP contribution in [0, 0.1) is 6.92 Å². The molecule has 1 aliphatic heterocycles. The number of pyridine rings is 1. The molecule has 3 heterocycles. The van der Waals surface area contributed by atoms with Crippen LogP contribution in [0.4, 0.5) is 5.69 Å². The third-order valence-electron chi connectivity index (χ3n) is 9.17. The van der Waals surface area contributed by atoms with Gasteiger partial charge in [-0.15, -0.1) is 11.3 Å². The van der Waals surface area contributed by atoms with Gasteiger partial charge in [0.05, 0.1) is 53.3 Å². The maximum Gasteiger partial charge on any atom is 0.228 e. The van der Waals surface area contributed by atoms with E-state index in [-0.39, 0.29) is 18.4 Å². The van der Waals surface area contributed by atoms with Crippen LogP contribution in [-0.4, -0.2) is 49.9 Å². The van der Waals surface area contributed by atoms with Crippen LogP contribution in [0.25, 0.3) is 44.1 Å². The van der Waals surface area contributed by atoms with E-state index in [0.717, 1.165) is 57.0 Å². The first-order chi connectivity index (χ1) is 25.0. The molecule has 8 nitrogen and oxygen atoms in total. The number of fused-ring (bicyclic) bond motifs is 3. The summed E-state index contributed by atoms with van der Waals surface area (Å²) >= 11 is 1.66. The summed E-state index contributed by atoms with van der Waals surface area (Å²) in [5.74, 6) is 1.15. The predicted octanol–water partition coefficient (Wildman–Crippen LogP) is 8.76. The Balaban J connectivity index is 1.06. The van der Waals surface area contributed by atoms with Gasteiger partial charge in [-0.1, -0.05) is 78.9 Å². The molecule has 0 aliphatic carbocycles. The van der Waals surface area contributed by atoms with Gasteiger partial charge in [0, 0.05) is 23.8 Å². The average molecular weight is 697 g/mol. The van der Waals surface area contributed by atoms with Gasteiger partial charge in [-0.3, -0.25) is 4.79 Å². The summed E-state index contributed by atoms with van der Waals surface area (Å²) in [7, 11) is 3.61. The number of ether oxygens (including phenoxy) is 3. The Labute approximate surface area is 302 Å². The highest BCUT2D eigenvalue weighted by Gasteiger charge is 2.25. The van der Waals surface area contributed by atoms with E-state index >= 15 is 0 Å². The topological polar surface area (TPSA) is 94.6 Å². The van der Waals surface area contributed by atoms with Gasteiger partial charge >= 0.3 is 0 Å². The molecule has 7 rings (SSSR count). The highest BCUT2D eigenvalue weighted by molar-refractivity contribution is 7.13. The van der Waals surface area contributed by atoms with Crippen molar-refractivity contribution in [2.75, 3.05) is 39.3 Å². The number of rotatable bonds is 13. The van der Waals surface area contributed by atoms with Crippen molar-refractivity contribution in [2.45, 2.75) is 25.8 Å². The van der Waals surface area contributed by atoms with Crippen LogP contribution in [0.5, 0.6) is 11.5 Å². The number of nitrogens with one attached hydrogen (secondary N) is 2. The number of anilines is 1. The lowest BCUT2D eigenvalue weighted by molar-refractivity contribution is -0.115. The zero-order valence-corrected chi connectivity index (χ0v) is 29.8. The minimum atomic E-state index is -0.0811. The third kappa shape index (κ3) is 7.56. The van der Waals surface area contributed by atoms with Crippen LogP contribution in [0.1, 0.15) is 29.3 Å². The number of aromatic nitrogens is 2. The Morgan fingerprint density at radius 1 is 0.843 bits per heavy atom. The van der Waals surface area contributed by atoms with E-state index < -0.39 is 0 Å². The first-order valence-electron chi connectivity index (χ1n) is 17.1. The zero-order chi connectivity index (χ0) is 35.2. The molecule has 51 heavy (non-hydrogen) atoms. The fraction of sp³-hybridized carbons (Fsp3) is 0.214. The molecule has 258 valence electrons. The molecular weight excluding hydrogens is 657 g/mol. The van der Waals surface area contributed by atoms with Crippen LogP contribution >= 0.6 is 11.3 Å². The maximum absolute atomic E-state index is 13.1. The monoisotopic (exact) mass is 696 g/mol. The quantitative estimate of drug-likeness (QED) is 0.117. The summed E-state index contributed by atoms with van der Waals surface area (Å²) in [6.45, 7) is 3.40. The third-order valence-corrected chi connectivity index (χ3v) is 10.1. The largest absolute Gasteiger partial charge is 0.493 e. The van der Waals surface area contributed by atoms with Gasteiger partial charge in [0.25, 0.3) is 0 Å². The molecule has 0 spiro atoms. The van der Waals surface area contributed by atoms with Crippen molar-refractivity contribution in [3.05, 3.63) is 125 Å². The lowest BCUT2D eigenvalue weighted by atomic mass is 9.92. The van der Waals surface area contributed by atoms with Crippen LogP contribution in [0.15, 0.2) is 109 Å². The summed E-state index contributed by atoms with van der Waals surface area (Å²) in [5.41, 5.74) is 12.3. The Morgan fingerprint density at radius 2 is 1.63 bits per heavy atom. The van der Waals surface area contributed by atoms with E-state index in [4.69, 9.17) is 19.2 Å². The minimum Gasteiger partial charge on any atom is -0.493 e. The smallest absolute Gasteiger partial charge is 0.228 e. The average Bonchev–Trinajstić information content (AvgIpc) is 3.54. The number of amides is 1. The van der Waals surface area contributed by atoms with Gasteiger partial charge in [-0.2, -0.15) is 0 Å². The van der Waals surface area contributed by atoms with Gasteiger partial charge in [-0.25, -0.2) is 9.97 Å². The van der Waals surface area contributed by atoms with Crippen molar-refractivity contribution in [2.24, 2.45) is 0 Å². The van der Waals surface area contributed by atoms with Gasteiger partial charge in [0.1, 0.15) is 6.61 Å². The SMILES string of the molecule is CNC(CCOCCOc1cc(-c2cc(-c3ccccc3)nc3c2CC(=O)Nc2ccccc2-3)ccc1OC)c1ccc(-c2scnc2C)cc1. The van der Waals surface area contributed by atoms with Crippen LogP contribution < -0.4 is 20.1 Å². The lowest BCUT2D eigenvalue weighted by Gasteiger charge is -2.18.